The van der Waals surface area contributed by atoms with Gasteiger partial charge in [0.15, 0.2) is 11.5 Å². The second-order valence-electron chi connectivity index (χ2n) is 5.30. The topological polar surface area (TPSA) is 63.6 Å². The predicted octanol–water partition coefficient (Wildman–Crippen LogP) is 4.24. The standard InChI is InChI=1S/C16H14F3N5S/c1-9-10(2)25-14(22-9)8-21-13-7-12(16(17,18)19)23-15(24-13)11-3-5-20-6-4-11/h3-7H,8H2,1-2H3,(H,21,23,24). The van der Waals surface area contributed by atoms with Gasteiger partial charge in [-0.1, -0.05) is 0 Å². The van der Waals surface area contributed by atoms with Gasteiger partial charge < -0.3 is 5.32 Å². The van der Waals surface area contributed by atoms with Gasteiger partial charge in [0.1, 0.15) is 10.8 Å². The van der Waals surface area contributed by atoms with E-state index >= 15 is 0 Å². The first kappa shape index (κ1) is 17.3. The molecule has 0 bridgehead atoms. The van der Waals surface area contributed by atoms with Crippen molar-refractivity contribution in [2.75, 3.05) is 5.32 Å². The Morgan fingerprint density at radius 1 is 1.08 bits per heavy atom. The number of rotatable bonds is 4. The number of aromatic nitrogens is 4. The van der Waals surface area contributed by atoms with Crippen molar-refractivity contribution in [3.63, 3.8) is 0 Å². The maximum atomic E-state index is 13.1. The third-order valence-corrected chi connectivity index (χ3v) is 4.52. The van der Waals surface area contributed by atoms with Crippen LogP contribution in [0.15, 0.2) is 30.6 Å². The predicted molar refractivity (Wildman–Crippen MR) is 89.2 cm³/mol. The molecule has 0 amide bonds. The van der Waals surface area contributed by atoms with Crippen LogP contribution in [0.4, 0.5) is 19.0 Å². The zero-order valence-electron chi connectivity index (χ0n) is 13.4. The van der Waals surface area contributed by atoms with E-state index in [0.29, 0.717) is 12.1 Å². The summed E-state index contributed by atoms with van der Waals surface area (Å²) in [5.41, 5.74) is 0.381. The van der Waals surface area contributed by atoms with E-state index in [1.165, 1.54) is 23.7 Å². The molecule has 1 N–H and O–H groups in total. The fourth-order valence-corrected chi connectivity index (χ4v) is 2.97. The van der Waals surface area contributed by atoms with Gasteiger partial charge in [0, 0.05) is 28.9 Å². The van der Waals surface area contributed by atoms with E-state index in [1.54, 1.807) is 12.1 Å². The van der Waals surface area contributed by atoms with Crippen LogP contribution < -0.4 is 5.32 Å². The highest BCUT2D eigenvalue weighted by atomic mass is 32.1. The third kappa shape index (κ3) is 4.11. The normalized spacial score (nSPS) is 11.6. The van der Waals surface area contributed by atoms with Crippen LogP contribution in [0.5, 0.6) is 0 Å². The number of alkyl halides is 3. The molecule has 0 unspecified atom stereocenters. The van der Waals surface area contributed by atoms with Crippen molar-refractivity contribution < 1.29 is 13.2 Å². The first-order valence-electron chi connectivity index (χ1n) is 7.36. The number of anilines is 1. The van der Waals surface area contributed by atoms with E-state index in [1.807, 2.05) is 13.8 Å². The number of nitrogens with zero attached hydrogens (tertiary/aromatic N) is 4. The van der Waals surface area contributed by atoms with Crippen LogP contribution in [-0.2, 0) is 12.7 Å². The highest BCUT2D eigenvalue weighted by Crippen LogP contribution is 2.31. The Bertz CT molecular complexity index is 858. The molecule has 0 aliphatic heterocycles. The summed E-state index contributed by atoms with van der Waals surface area (Å²) in [6, 6.07) is 4.03. The largest absolute Gasteiger partial charge is 0.433 e. The van der Waals surface area contributed by atoms with Gasteiger partial charge in [0.25, 0.3) is 0 Å². The van der Waals surface area contributed by atoms with Crippen LogP contribution in [0.2, 0.25) is 0 Å². The van der Waals surface area contributed by atoms with Crippen molar-refractivity contribution >= 4 is 17.2 Å². The molecule has 3 aromatic rings. The molecule has 0 atom stereocenters. The fourth-order valence-electron chi connectivity index (χ4n) is 2.09. The van der Waals surface area contributed by atoms with Crippen molar-refractivity contribution in [1.29, 1.82) is 0 Å². The van der Waals surface area contributed by atoms with Gasteiger partial charge in [-0.05, 0) is 26.0 Å². The number of hydrogen-bond acceptors (Lipinski definition) is 6. The van der Waals surface area contributed by atoms with Crippen LogP contribution in [0.25, 0.3) is 11.4 Å². The molecular formula is C16H14F3N5S. The van der Waals surface area contributed by atoms with Gasteiger partial charge in [0.05, 0.1) is 12.2 Å². The Morgan fingerprint density at radius 2 is 1.80 bits per heavy atom. The van der Waals surface area contributed by atoms with E-state index in [0.717, 1.165) is 21.6 Å². The van der Waals surface area contributed by atoms with Crippen molar-refractivity contribution in [2.45, 2.75) is 26.6 Å². The molecule has 3 heterocycles. The van der Waals surface area contributed by atoms with Crippen LogP contribution >= 0.6 is 11.3 Å². The smallest absolute Gasteiger partial charge is 0.363 e. The van der Waals surface area contributed by atoms with Crippen molar-refractivity contribution in [1.82, 2.24) is 19.9 Å². The summed E-state index contributed by atoms with van der Waals surface area (Å²) in [7, 11) is 0. The molecular weight excluding hydrogens is 351 g/mol. The Balaban J connectivity index is 1.92. The van der Waals surface area contributed by atoms with Crippen LogP contribution in [0, 0.1) is 13.8 Å². The molecule has 0 fully saturated rings. The van der Waals surface area contributed by atoms with E-state index in [9.17, 15) is 13.2 Å². The zero-order chi connectivity index (χ0) is 18.0. The van der Waals surface area contributed by atoms with Crippen molar-refractivity contribution in [2.24, 2.45) is 0 Å². The molecule has 0 saturated carbocycles. The maximum absolute atomic E-state index is 13.1. The molecule has 0 aliphatic carbocycles. The Labute approximate surface area is 146 Å². The van der Waals surface area contributed by atoms with Crippen LogP contribution in [0.3, 0.4) is 0 Å². The average molecular weight is 365 g/mol. The summed E-state index contributed by atoms with van der Waals surface area (Å²) >= 11 is 1.50. The minimum absolute atomic E-state index is 0.00813. The molecule has 130 valence electrons. The minimum atomic E-state index is -4.56. The quantitative estimate of drug-likeness (QED) is 0.749. The monoisotopic (exact) mass is 365 g/mol. The van der Waals surface area contributed by atoms with Gasteiger partial charge in [0.2, 0.25) is 0 Å². The Kier molecular flexibility index (Phi) is 4.67. The molecule has 25 heavy (non-hydrogen) atoms. The molecule has 5 nitrogen and oxygen atoms in total. The van der Waals surface area contributed by atoms with E-state index in [-0.39, 0.29) is 11.6 Å². The molecule has 3 aromatic heterocycles. The van der Waals surface area contributed by atoms with Crippen molar-refractivity contribution in [3.05, 3.63) is 51.9 Å². The molecule has 3 rings (SSSR count). The summed E-state index contributed by atoms with van der Waals surface area (Å²) in [6.45, 7) is 4.14. The van der Waals surface area contributed by atoms with Crippen LogP contribution in [0.1, 0.15) is 21.3 Å². The average Bonchev–Trinajstić information content (AvgIpc) is 2.91. The second kappa shape index (κ2) is 6.75. The minimum Gasteiger partial charge on any atom is -0.363 e. The van der Waals surface area contributed by atoms with Gasteiger partial charge in [-0.2, -0.15) is 13.2 Å². The number of pyridine rings is 1. The van der Waals surface area contributed by atoms with Gasteiger partial charge in [-0.25, -0.2) is 15.0 Å². The lowest BCUT2D eigenvalue weighted by Gasteiger charge is -2.11. The molecule has 0 aliphatic rings. The first-order valence-corrected chi connectivity index (χ1v) is 8.18. The summed E-state index contributed by atoms with van der Waals surface area (Å²) in [5.74, 6) is 0.0888. The highest BCUT2D eigenvalue weighted by molar-refractivity contribution is 7.11. The molecule has 0 radical (unpaired) electrons. The molecule has 9 heteroatoms. The summed E-state index contributed by atoms with van der Waals surface area (Å²) in [5, 5.41) is 3.69. The number of thiazole rings is 1. The lowest BCUT2D eigenvalue weighted by atomic mass is 10.2. The molecule has 0 saturated heterocycles. The van der Waals surface area contributed by atoms with Gasteiger partial charge in [-0.3, -0.25) is 4.98 Å². The Hall–Kier alpha value is -2.55. The number of hydrogen-bond donors (Lipinski definition) is 1. The SMILES string of the molecule is Cc1nc(CNc2cc(C(F)(F)F)nc(-c3ccncc3)n2)sc1C. The third-order valence-electron chi connectivity index (χ3n) is 3.45. The summed E-state index contributed by atoms with van der Waals surface area (Å²) in [4.78, 5) is 17.1. The zero-order valence-corrected chi connectivity index (χ0v) is 14.2. The van der Waals surface area contributed by atoms with E-state index in [4.69, 9.17) is 0 Å². The van der Waals surface area contributed by atoms with Gasteiger partial charge >= 0.3 is 6.18 Å². The highest BCUT2D eigenvalue weighted by Gasteiger charge is 2.33. The molecule has 0 aromatic carbocycles. The van der Waals surface area contributed by atoms with Crippen molar-refractivity contribution in [3.8, 4) is 11.4 Å². The fraction of sp³-hybridized carbons (Fsp3) is 0.250. The van der Waals surface area contributed by atoms with E-state index < -0.39 is 11.9 Å². The number of aryl methyl sites for hydroxylation is 2. The van der Waals surface area contributed by atoms with E-state index in [2.05, 4.69) is 25.3 Å². The number of halogens is 3. The lowest BCUT2D eigenvalue weighted by Crippen LogP contribution is -2.12. The summed E-state index contributed by atoms with van der Waals surface area (Å²) < 4.78 is 39.4. The lowest BCUT2D eigenvalue weighted by molar-refractivity contribution is -0.141. The second-order valence-corrected chi connectivity index (χ2v) is 6.59. The molecule has 0 spiro atoms. The number of nitrogens with one attached hydrogen (secondary N) is 1. The summed E-state index contributed by atoms with van der Waals surface area (Å²) in [6.07, 6.45) is -1.60. The Morgan fingerprint density at radius 3 is 2.40 bits per heavy atom. The first-order chi connectivity index (χ1) is 11.8. The van der Waals surface area contributed by atoms with Crippen LogP contribution in [-0.4, -0.2) is 19.9 Å². The van der Waals surface area contributed by atoms with Gasteiger partial charge in [-0.15, -0.1) is 11.3 Å². The maximum Gasteiger partial charge on any atom is 0.433 e.